The molecule has 0 saturated heterocycles. The Kier molecular flexibility index (Phi) is 9.59. The van der Waals surface area contributed by atoms with Crippen LogP contribution in [0.25, 0.3) is 28.1 Å². The lowest BCUT2D eigenvalue weighted by Gasteiger charge is -2.20. The minimum Gasteiger partial charge on any atom is -0.429 e. The molecule has 0 aliphatic carbocycles. The van der Waals surface area contributed by atoms with Crippen molar-refractivity contribution in [3.05, 3.63) is 118 Å². The van der Waals surface area contributed by atoms with Crippen molar-refractivity contribution >= 4 is 5.83 Å². The van der Waals surface area contributed by atoms with E-state index < -0.39 is 81.0 Å². The molecule has 4 rings (SSSR count). The lowest BCUT2D eigenvalue weighted by atomic mass is 10.0. The number of hydrogen-bond acceptors (Lipinski definition) is 1. The van der Waals surface area contributed by atoms with E-state index in [1.165, 1.54) is 24.3 Å². The van der Waals surface area contributed by atoms with E-state index >= 15 is 0 Å². The summed E-state index contributed by atoms with van der Waals surface area (Å²) in [5, 5.41) is 0. The van der Waals surface area contributed by atoms with Crippen LogP contribution in [0.15, 0.2) is 72.6 Å². The van der Waals surface area contributed by atoms with Gasteiger partial charge in [0.2, 0.25) is 0 Å². The van der Waals surface area contributed by atoms with Crippen LogP contribution in [-0.4, -0.2) is 0 Å². The Morgan fingerprint density at radius 1 is 0.644 bits per heavy atom. The molecule has 0 bridgehead atoms. The number of ether oxygens (including phenoxy) is 1. The van der Waals surface area contributed by atoms with E-state index in [9.17, 15) is 52.7 Å². The highest BCUT2D eigenvalue weighted by Crippen LogP contribution is 2.40. The van der Waals surface area contributed by atoms with Crippen LogP contribution >= 0.6 is 0 Å². The first kappa shape index (κ1) is 33.5. The summed E-state index contributed by atoms with van der Waals surface area (Å²) in [5.74, 6) is -12.5. The fraction of sp³-hybridized carbons (Fsp3) is 0.188. The minimum absolute atomic E-state index is 0.0199. The molecule has 0 aromatic heterocycles. The molecule has 45 heavy (non-hydrogen) atoms. The molecule has 238 valence electrons. The molecule has 4 aromatic carbocycles. The summed E-state index contributed by atoms with van der Waals surface area (Å²) in [6.45, 7) is 1.81. The van der Waals surface area contributed by atoms with Crippen molar-refractivity contribution in [3.63, 3.8) is 0 Å². The second-order valence-electron chi connectivity index (χ2n) is 9.79. The quantitative estimate of drug-likeness (QED) is 0.164. The molecule has 0 aliphatic heterocycles. The van der Waals surface area contributed by atoms with Crippen LogP contribution in [0.3, 0.4) is 0 Å². The summed E-state index contributed by atoms with van der Waals surface area (Å²) >= 11 is 0. The Bertz CT molecular complexity index is 1690. The lowest BCUT2D eigenvalue weighted by molar-refractivity contribution is -0.187. The maximum Gasteiger partial charge on any atom is 0.429 e. The summed E-state index contributed by atoms with van der Waals surface area (Å²) < 4.78 is 173. The van der Waals surface area contributed by atoms with Gasteiger partial charge in [-0.05, 0) is 47.4 Å². The molecular formula is C32H20F12O. The van der Waals surface area contributed by atoms with Crippen molar-refractivity contribution in [1.82, 2.24) is 0 Å². The Morgan fingerprint density at radius 3 is 1.69 bits per heavy atom. The first-order chi connectivity index (χ1) is 21.0. The van der Waals surface area contributed by atoms with E-state index in [4.69, 9.17) is 0 Å². The van der Waals surface area contributed by atoms with E-state index in [0.717, 1.165) is 6.07 Å². The van der Waals surface area contributed by atoms with Crippen molar-refractivity contribution in [2.75, 3.05) is 0 Å². The van der Waals surface area contributed by atoms with Crippen molar-refractivity contribution < 1.29 is 57.4 Å². The van der Waals surface area contributed by atoms with E-state index in [2.05, 4.69) is 4.74 Å². The Morgan fingerprint density at radius 2 is 1.18 bits per heavy atom. The second kappa shape index (κ2) is 12.9. The van der Waals surface area contributed by atoms with Gasteiger partial charge in [-0.25, -0.2) is 30.7 Å². The summed E-state index contributed by atoms with van der Waals surface area (Å²) in [5.41, 5.74) is -5.65. The SMILES string of the molecule is CCCCC(F)=C(F)c1ccc(-c2ccc(C(F)(F)Oc3cc(F)c(-c4cc(F)c(C(F)(F)F)c(F)c4)c(F)c3)c(F)c2)cc1. The highest BCUT2D eigenvalue weighted by atomic mass is 19.4. The Balaban J connectivity index is 1.57. The van der Waals surface area contributed by atoms with Crippen LogP contribution in [-0.2, 0) is 12.3 Å². The normalized spacial score (nSPS) is 12.7. The summed E-state index contributed by atoms with van der Waals surface area (Å²) in [6.07, 6.45) is -8.96. The number of unbranched alkanes of at least 4 members (excludes halogenated alkanes) is 1. The third-order valence-electron chi connectivity index (χ3n) is 6.62. The predicted molar refractivity (Wildman–Crippen MR) is 142 cm³/mol. The van der Waals surface area contributed by atoms with Gasteiger partial charge in [0.25, 0.3) is 0 Å². The van der Waals surface area contributed by atoms with Gasteiger partial charge in [-0.3, -0.25) is 0 Å². The third kappa shape index (κ3) is 7.29. The maximum absolute atomic E-state index is 14.9. The van der Waals surface area contributed by atoms with Gasteiger partial charge in [0.1, 0.15) is 46.2 Å². The fourth-order valence-corrected chi connectivity index (χ4v) is 4.41. The molecule has 1 nitrogen and oxygen atoms in total. The van der Waals surface area contributed by atoms with Crippen LogP contribution in [0.4, 0.5) is 52.7 Å². The summed E-state index contributed by atoms with van der Waals surface area (Å²) in [6, 6.07) is 7.82. The number of hydrogen-bond donors (Lipinski definition) is 0. The Labute approximate surface area is 248 Å². The molecular weight excluding hydrogens is 628 g/mol. The zero-order valence-electron chi connectivity index (χ0n) is 22.9. The Hall–Kier alpha value is -4.42. The lowest BCUT2D eigenvalue weighted by Crippen LogP contribution is -2.23. The van der Waals surface area contributed by atoms with Gasteiger partial charge in [-0.1, -0.05) is 43.7 Å². The molecule has 0 aliphatic rings. The van der Waals surface area contributed by atoms with Crippen LogP contribution in [0.2, 0.25) is 0 Å². The topological polar surface area (TPSA) is 9.23 Å². The minimum atomic E-state index is -5.45. The van der Waals surface area contributed by atoms with Crippen LogP contribution in [0.5, 0.6) is 5.75 Å². The molecule has 0 amide bonds. The highest BCUT2D eigenvalue weighted by molar-refractivity contribution is 5.69. The molecule has 13 heteroatoms. The molecule has 0 heterocycles. The van der Waals surface area contributed by atoms with Crippen LogP contribution < -0.4 is 4.74 Å². The van der Waals surface area contributed by atoms with E-state index in [1.54, 1.807) is 0 Å². The van der Waals surface area contributed by atoms with Gasteiger partial charge in [-0.15, -0.1) is 0 Å². The number of allylic oxidation sites excluding steroid dienone is 1. The van der Waals surface area contributed by atoms with E-state index in [0.29, 0.717) is 25.0 Å². The van der Waals surface area contributed by atoms with Gasteiger partial charge in [0, 0.05) is 24.1 Å². The number of benzene rings is 4. The zero-order valence-corrected chi connectivity index (χ0v) is 22.9. The second-order valence-corrected chi connectivity index (χ2v) is 9.79. The average molecular weight is 648 g/mol. The highest BCUT2D eigenvalue weighted by Gasteiger charge is 2.40. The van der Waals surface area contributed by atoms with Gasteiger partial charge in [0.05, 0.1) is 11.1 Å². The molecule has 0 N–H and O–H groups in total. The number of rotatable bonds is 9. The zero-order chi connectivity index (χ0) is 33.3. The summed E-state index contributed by atoms with van der Waals surface area (Å²) in [7, 11) is 0. The van der Waals surface area contributed by atoms with Gasteiger partial charge in [0.15, 0.2) is 5.83 Å². The first-order valence-corrected chi connectivity index (χ1v) is 13.1. The predicted octanol–water partition coefficient (Wildman–Crippen LogP) is 11.7. The molecule has 4 aromatic rings. The summed E-state index contributed by atoms with van der Waals surface area (Å²) in [4.78, 5) is 0. The van der Waals surface area contributed by atoms with E-state index in [-0.39, 0.29) is 47.4 Å². The monoisotopic (exact) mass is 648 g/mol. The molecule has 0 unspecified atom stereocenters. The standard InChI is InChI=1S/C32H20F12O/c1-2-3-4-22(33)30(39)17-7-5-16(6-8-17)18-9-10-21(23(34)11-18)32(43,44)45-20-14-24(35)28(25(36)15-20)19-12-26(37)29(27(38)13-19)31(40,41)42/h5-15H,2-4H2,1H3. The molecule has 0 spiro atoms. The van der Waals surface area contributed by atoms with Gasteiger partial charge in [-0.2, -0.15) is 22.0 Å². The number of alkyl halides is 5. The first-order valence-electron chi connectivity index (χ1n) is 13.1. The van der Waals surface area contributed by atoms with Crippen molar-refractivity contribution in [2.45, 2.75) is 38.5 Å². The van der Waals surface area contributed by atoms with Crippen molar-refractivity contribution in [1.29, 1.82) is 0 Å². The smallest absolute Gasteiger partial charge is 0.429 e. The molecule has 0 fully saturated rings. The van der Waals surface area contributed by atoms with Crippen LogP contribution in [0.1, 0.15) is 42.9 Å². The maximum atomic E-state index is 14.9. The molecule has 0 saturated carbocycles. The van der Waals surface area contributed by atoms with Gasteiger partial charge >= 0.3 is 12.3 Å². The number of halogens is 12. The molecule has 0 radical (unpaired) electrons. The average Bonchev–Trinajstić information content (AvgIpc) is 2.93. The van der Waals surface area contributed by atoms with E-state index in [1.807, 2.05) is 6.92 Å². The fourth-order valence-electron chi connectivity index (χ4n) is 4.41. The molecule has 0 atom stereocenters. The van der Waals surface area contributed by atoms with Crippen molar-refractivity contribution in [2.24, 2.45) is 0 Å². The van der Waals surface area contributed by atoms with Crippen molar-refractivity contribution in [3.8, 4) is 28.0 Å². The largest absolute Gasteiger partial charge is 0.429 e. The van der Waals surface area contributed by atoms with Crippen LogP contribution in [0, 0.1) is 29.1 Å². The van der Waals surface area contributed by atoms with Gasteiger partial charge < -0.3 is 4.74 Å². The third-order valence-corrected chi connectivity index (χ3v) is 6.62.